The van der Waals surface area contributed by atoms with Crippen molar-refractivity contribution in [3.8, 4) is 40.1 Å². The van der Waals surface area contributed by atoms with Crippen molar-refractivity contribution in [1.82, 2.24) is 0 Å². The van der Waals surface area contributed by atoms with Crippen LogP contribution in [0.2, 0.25) is 0 Å². The molecule has 2 aromatic carbocycles. The van der Waals surface area contributed by atoms with Crippen molar-refractivity contribution in [2.24, 2.45) is 0 Å². The predicted molar refractivity (Wildman–Crippen MR) is 151 cm³/mol. The van der Waals surface area contributed by atoms with Crippen molar-refractivity contribution in [2.45, 2.75) is 61.0 Å². The Morgan fingerprint density at radius 2 is 1.13 bits per heavy atom. The maximum absolute atomic E-state index is 13.7. The van der Waals surface area contributed by atoms with Crippen LogP contribution in [0.1, 0.15) is 23.3 Å². The van der Waals surface area contributed by atoms with Gasteiger partial charge in [0.25, 0.3) is 0 Å². The van der Waals surface area contributed by atoms with Crippen LogP contribution in [0.4, 0.5) is 0 Å². The SMILES string of the molecule is COc1cc(-c2cc(=O)c3c(O)c([C@@H]4O[C@H](CO)[C@@H](O)[C@H](O)[C@H]4O)c(O)c([C@@H]4O[C@H](CO)[C@@H](O)[C@H](O)[C@H]4O)c3o2)cc(OC)c1O. The summed E-state index contributed by atoms with van der Waals surface area (Å²) < 4.78 is 27.5. The van der Waals surface area contributed by atoms with E-state index in [-0.39, 0.29) is 28.6 Å². The summed E-state index contributed by atoms with van der Waals surface area (Å²) in [5, 5.41) is 116. The number of benzene rings is 2. The highest BCUT2D eigenvalue weighted by Crippen LogP contribution is 2.51. The fourth-order valence-corrected chi connectivity index (χ4v) is 5.80. The minimum atomic E-state index is -2.06. The lowest BCUT2D eigenvalue weighted by atomic mass is 9.85. The van der Waals surface area contributed by atoms with Crippen LogP contribution in [0.5, 0.6) is 28.7 Å². The van der Waals surface area contributed by atoms with E-state index < -0.39 is 113 Å². The Morgan fingerprint density at radius 1 is 0.652 bits per heavy atom. The average Bonchev–Trinajstić information content (AvgIpc) is 3.04. The molecule has 0 unspecified atom stereocenters. The van der Waals surface area contributed by atoms with E-state index in [9.17, 15) is 61.0 Å². The van der Waals surface area contributed by atoms with Gasteiger partial charge >= 0.3 is 0 Å². The molecule has 0 radical (unpaired) electrons. The Balaban J connectivity index is 1.84. The number of aromatic hydroxyl groups is 3. The van der Waals surface area contributed by atoms with E-state index in [4.69, 9.17) is 23.4 Å². The van der Waals surface area contributed by atoms with Gasteiger partial charge in [-0.2, -0.15) is 0 Å². The second-order valence-electron chi connectivity index (χ2n) is 10.9. The molecule has 11 N–H and O–H groups in total. The van der Waals surface area contributed by atoms with Crippen LogP contribution < -0.4 is 14.9 Å². The number of rotatable bonds is 7. The van der Waals surface area contributed by atoms with Crippen LogP contribution in [0.25, 0.3) is 22.3 Å². The van der Waals surface area contributed by atoms with Crippen molar-refractivity contribution >= 4 is 11.0 Å². The molecule has 3 aromatic rings. The fourth-order valence-electron chi connectivity index (χ4n) is 5.80. The lowest BCUT2D eigenvalue weighted by molar-refractivity contribution is -0.234. The van der Waals surface area contributed by atoms with Gasteiger partial charge in [0.15, 0.2) is 22.5 Å². The van der Waals surface area contributed by atoms with E-state index in [1.54, 1.807) is 0 Å². The van der Waals surface area contributed by atoms with Crippen molar-refractivity contribution < 1.29 is 79.5 Å². The first kappa shape index (κ1) is 33.6. The molecule has 0 amide bonds. The standard InChI is InChI=1S/C29H34O17/c1-42-11-3-8(4-12(43-2)18(11)33)10-5-9(32)15-21(36)16(28-25(40)23(38)19(34)13(6-30)45-28)22(37)17(27(15)44-10)29-26(41)24(39)20(35)14(7-31)46-29/h3-5,13-14,19-20,23-26,28-31,33-41H,6-7H2,1-2H3/t13-,14-,19-,20-,23+,24+,25-,26-,28+,29+/m1/s1. The molecule has 46 heavy (non-hydrogen) atoms. The van der Waals surface area contributed by atoms with Crippen molar-refractivity contribution in [3.05, 3.63) is 39.5 Å². The first-order chi connectivity index (χ1) is 21.8. The first-order valence-corrected chi connectivity index (χ1v) is 13.9. The Bertz CT molecular complexity index is 1630. The minimum Gasteiger partial charge on any atom is -0.507 e. The van der Waals surface area contributed by atoms with Crippen molar-refractivity contribution in [2.75, 3.05) is 27.4 Å². The van der Waals surface area contributed by atoms with Gasteiger partial charge in [-0.15, -0.1) is 0 Å². The van der Waals surface area contributed by atoms with Gasteiger partial charge in [0.05, 0.1) is 38.6 Å². The monoisotopic (exact) mass is 654 g/mol. The summed E-state index contributed by atoms with van der Waals surface area (Å²) in [6, 6.07) is 3.47. The second-order valence-corrected chi connectivity index (χ2v) is 10.9. The molecule has 5 rings (SSSR count). The van der Waals surface area contributed by atoms with Gasteiger partial charge in [-0.05, 0) is 12.1 Å². The van der Waals surface area contributed by atoms with Crippen molar-refractivity contribution in [1.29, 1.82) is 0 Å². The van der Waals surface area contributed by atoms with Gasteiger partial charge < -0.3 is 79.5 Å². The molecular weight excluding hydrogens is 620 g/mol. The zero-order valence-corrected chi connectivity index (χ0v) is 24.3. The topological polar surface area (TPSA) is 290 Å². The highest BCUT2D eigenvalue weighted by Gasteiger charge is 2.50. The third kappa shape index (κ3) is 5.29. The van der Waals surface area contributed by atoms with Gasteiger partial charge in [0.2, 0.25) is 5.75 Å². The van der Waals surface area contributed by atoms with Crippen LogP contribution in [0, 0.1) is 0 Å². The molecule has 0 saturated carbocycles. The highest BCUT2D eigenvalue weighted by molar-refractivity contribution is 5.92. The number of phenols is 3. The third-order valence-corrected chi connectivity index (χ3v) is 8.31. The zero-order valence-electron chi connectivity index (χ0n) is 24.3. The summed E-state index contributed by atoms with van der Waals surface area (Å²) in [6.45, 7) is -1.75. The van der Waals surface area contributed by atoms with E-state index in [1.807, 2.05) is 0 Å². The number of aliphatic hydroxyl groups excluding tert-OH is 8. The molecule has 0 aliphatic carbocycles. The highest BCUT2D eigenvalue weighted by atomic mass is 16.6. The summed E-state index contributed by atoms with van der Waals surface area (Å²) >= 11 is 0. The molecule has 2 fully saturated rings. The maximum Gasteiger partial charge on any atom is 0.200 e. The summed E-state index contributed by atoms with van der Waals surface area (Å²) in [5.74, 6) is -2.87. The third-order valence-electron chi connectivity index (χ3n) is 8.31. The molecular formula is C29H34O17. The molecule has 17 heteroatoms. The quantitative estimate of drug-likeness (QED) is 0.127. The number of ether oxygens (including phenoxy) is 4. The molecule has 0 spiro atoms. The summed E-state index contributed by atoms with van der Waals surface area (Å²) in [5.41, 5.74) is -2.88. The van der Waals surface area contributed by atoms with Crippen LogP contribution >= 0.6 is 0 Å². The maximum atomic E-state index is 13.7. The van der Waals surface area contributed by atoms with E-state index in [1.165, 1.54) is 26.4 Å². The molecule has 17 nitrogen and oxygen atoms in total. The molecule has 252 valence electrons. The van der Waals surface area contributed by atoms with Crippen LogP contribution in [0.15, 0.2) is 27.4 Å². The first-order valence-electron chi connectivity index (χ1n) is 13.9. The molecule has 2 aliphatic rings. The number of hydrogen-bond acceptors (Lipinski definition) is 17. The number of aliphatic hydroxyl groups is 8. The lowest BCUT2D eigenvalue weighted by Crippen LogP contribution is -2.55. The molecule has 3 heterocycles. The van der Waals surface area contributed by atoms with E-state index in [2.05, 4.69) is 0 Å². The second kappa shape index (κ2) is 12.8. The fraction of sp³-hybridized carbons (Fsp3) is 0.483. The van der Waals surface area contributed by atoms with Crippen LogP contribution in [0.3, 0.4) is 0 Å². The van der Waals surface area contributed by atoms with Gasteiger partial charge in [0, 0.05) is 11.6 Å². The number of hydrogen-bond donors (Lipinski definition) is 11. The zero-order chi connectivity index (χ0) is 33.8. The van der Waals surface area contributed by atoms with Gasteiger partial charge in [-0.3, -0.25) is 4.79 Å². The summed E-state index contributed by atoms with van der Waals surface area (Å²) in [4.78, 5) is 13.7. The van der Waals surface area contributed by atoms with Crippen LogP contribution in [-0.4, -0.2) is 132 Å². The van der Waals surface area contributed by atoms with Crippen molar-refractivity contribution in [3.63, 3.8) is 0 Å². The van der Waals surface area contributed by atoms with E-state index in [0.717, 1.165) is 6.07 Å². The van der Waals surface area contributed by atoms with Crippen LogP contribution in [-0.2, 0) is 9.47 Å². The minimum absolute atomic E-state index is 0.0854. The molecule has 2 aliphatic heterocycles. The molecule has 1 aromatic heterocycles. The molecule has 10 atom stereocenters. The van der Waals surface area contributed by atoms with E-state index >= 15 is 0 Å². The van der Waals surface area contributed by atoms with Gasteiger partial charge in [-0.25, -0.2) is 0 Å². The Morgan fingerprint density at radius 3 is 1.59 bits per heavy atom. The number of fused-ring (bicyclic) bond motifs is 1. The smallest absolute Gasteiger partial charge is 0.200 e. The van der Waals surface area contributed by atoms with Gasteiger partial charge in [-0.1, -0.05) is 0 Å². The molecule has 0 bridgehead atoms. The predicted octanol–water partition coefficient (Wildman–Crippen LogP) is -2.38. The Labute approximate surface area is 258 Å². The van der Waals surface area contributed by atoms with Gasteiger partial charge in [0.1, 0.15) is 83.7 Å². The average molecular weight is 655 g/mol. The molecule has 2 saturated heterocycles. The Kier molecular flexibility index (Phi) is 9.35. The number of methoxy groups -OCH3 is 2. The largest absolute Gasteiger partial charge is 0.507 e. The summed E-state index contributed by atoms with van der Waals surface area (Å²) in [7, 11) is 2.51. The number of phenolic OH excluding ortho intramolecular Hbond substituents is 3. The summed E-state index contributed by atoms with van der Waals surface area (Å²) in [6.07, 6.45) is -18.5. The lowest BCUT2D eigenvalue weighted by Gasteiger charge is -2.42. The Hall–Kier alpha value is -3.75. The normalized spacial score (nSPS) is 31.6. The van der Waals surface area contributed by atoms with E-state index in [0.29, 0.717) is 0 Å².